The predicted molar refractivity (Wildman–Crippen MR) is 118 cm³/mol. The Morgan fingerprint density at radius 2 is 1.84 bits per heavy atom. The fourth-order valence-electron chi connectivity index (χ4n) is 3.43. The molecule has 0 spiro atoms. The second-order valence-corrected chi connectivity index (χ2v) is 8.14. The van der Waals surface area contributed by atoms with Gasteiger partial charge in [-0.3, -0.25) is 9.69 Å². The van der Waals surface area contributed by atoms with E-state index >= 15 is 0 Å². The van der Waals surface area contributed by atoms with Crippen LogP contribution in [0.4, 0.5) is 0 Å². The molecule has 162 valence electrons. The highest BCUT2D eigenvalue weighted by atomic mass is 35.5. The van der Waals surface area contributed by atoms with Gasteiger partial charge in [0.05, 0.1) is 6.54 Å². The third kappa shape index (κ3) is 5.42. The maximum atomic E-state index is 12.5. The van der Waals surface area contributed by atoms with Crippen molar-refractivity contribution >= 4 is 17.5 Å². The Bertz CT molecular complexity index is 1040. The fourth-order valence-corrected chi connectivity index (χ4v) is 3.55. The zero-order valence-corrected chi connectivity index (χ0v) is 18.4. The van der Waals surface area contributed by atoms with Crippen molar-refractivity contribution in [2.24, 2.45) is 0 Å². The third-order valence-electron chi connectivity index (χ3n) is 5.35. The second kappa shape index (κ2) is 9.49. The first-order valence-corrected chi connectivity index (χ1v) is 10.6. The maximum absolute atomic E-state index is 12.5. The molecule has 0 unspecified atom stereocenters. The lowest BCUT2D eigenvalue weighted by Gasteiger charge is -2.33. The molecule has 1 amide bonds. The van der Waals surface area contributed by atoms with Crippen LogP contribution in [0.2, 0.25) is 5.02 Å². The Kier molecular flexibility index (Phi) is 6.53. The average molecular weight is 441 g/mol. The summed E-state index contributed by atoms with van der Waals surface area (Å²) in [4.78, 5) is 21.0. The number of nitrogens with zero attached hydrogens (tertiary/aromatic N) is 4. The molecule has 1 aliphatic heterocycles. The standard InChI is InChI=1S/C23H25ClN4O3/c1-16-3-5-18(6-4-16)23-25-21(31-26-23)14-27-9-11-28(12-10-27)22(29)15-30-19-7-8-20(24)17(2)13-19/h3-8,13H,9-12,14-15H2,1-2H3. The SMILES string of the molecule is Cc1ccc(-c2noc(CN3CCN(C(=O)COc4ccc(Cl)c(C)c4)CC3)n2)cc1. The number of piperazine rings is 1. The molecule has 2 heterocycles. The number of hydrogen-bond donors (Lipinski definition) is 0. The predicted octanol–water partition coefficient (Wildman–Crippen LogP) is 3.73. The van der Waals surface area contributed by atoms with Gasteiger partial charge in [-0.05, 0) is 37.6 Å². The first kappa shape index (κ1) is 21.3. The second-order valence-electron chi connectivity index (χ2n) is 7.73. The highest BCUT2D eigenvalue weighted by Gasteiger charge is 2.23. The van der Waals surface area contributed by atoms with Crippen LogP contribution in [-0.4, -0.2) is 58.6 Å². The summed E-state index contributed by atoms with van der Waals surface area (Å²) in [7, 11) is 0. The first-order valence-electron chi connectivity index (χ1n) is 10.3. The van der Waals surface area contributed by atoms with E-state index in [1.54, 1.807) is 12.1 Å². The lowest BCUT2D eigenvalue weighted by molar-refractivity contribution is -0.135. The molecule has 0 bridgehead atoms. The van der Waals surface area contributed by atoms with Crippen molar-refractivity contribution in [1.82, 2.24) is 19.9 Å². The van der Waals surface area contributed by atoms with Crippen molar-refractivity contribution in [2.75, 3.05) is 32.8 Å². The molecular formula is C23H25ClN4O3. The van der Waals surface area contributed by atoms with E-state index in [9.17, 15) is 4.79 Å². The minimum atomic E-state index is -0.0216. The van der Waals surface area contributed by atoms with Gasteiger partial charge >= 0.3 is 0 Å². The van der Waals surface area contributed by atoms with Crippen molar-refractivity contribution in [1.29, 1.82) is 0 Å². The van der Waals surface area contributed by atoms with Crippen LogP contribution in [0.3, 0.4) is 0 Å². The van der Waals surface area contributed by atoms with Crippen LogP contribution in [0.25, 0.3) is 11.4 Å². The number of ether oxygens (including phenoxy) is 1. The zero-order chi connectivity index (χ0) is 21.8. The first-order chi connectivity index (χ1) is 15.0. The van der Waals surface area contributed by atoms with Crippen molar-refractivity contribution in [2.45, 2.75) is 20.4 Å². The third-order valence-corrected chi connectivity index (χ3v) is 5.78. The highest BCUT2D eigenvalue weighted by Crippen LogP contribution is 2.21. The van der Waals surface area contributed by atoms with Crippen LogP contribution in [0.5, 0.6) is 5.75 Å². The Morgan fingerprint density at radius 3 is 2.55 bits per heavy atom. The monoisotopic (exact) mass is 440 g/mol. The molecule has 0 N–H and O–H groups in total. The number of aryl methyl sites for hydroxylation is 2. The van der Waals surface area contributed by atoms with Gasteiger partial charge in [0.15, 0.2) is 6.61 Å². The van der Waals surface area contributed by atoms with Gasteiger partial charge < -0.3 is 14.2 Å². The molecule has 31 heavy (non-hydrogen) atoms. The molecule has 4 rings (SSSR count). The summed E-state index contributed by atoms with van der Waals surface area (Å²) in [5.74, 6) is 1.80. The largest absolute Gasteiger partial charge is 0.484 e. The van der Waals surface area contributed by atoms with E-state index < -0.39 is 0 Å². The number of benzene rings is 2. The van der Waals surface area contributed by atoms with Gasteiger partial charge in [0.2, 0.25) is 11.7 Å². The summed E-state index contributed by atoms with van der Waals surface area (Å²) in [5.41, 5.74) is 3.05. The van der Waals surface area contributed by atoms with Gasteiger partial charge in [0.25, 0.3) is 5.91 Å². The van der Waals surface area contributed by atoms with E-state index in [2.05, 4.69) is 15.0 Å². The Labute approximate surface area is 186 Å². The molecule has 0 saturated carbocycles. The normalized spacial score (nSPS) is 14.6. The van der Waals surface area contributed by atoms with E-state index in [1.807, 2.05) is 49.1 Å². The van der Waals surface area contributed by atoms with Crippen LogP contribution in [-0.2, 0) is 11.3 Å². The molecule has 7 nitrogen and oxygen atoms in total. The van der Waals surface area contributed by atoms with E-state index in [0.29, 0.717) is 42.1 Å². The van der Waals surface area contributed by atoms with Crippen LogP contribution in [0.1, 0.15) is 17.0 Å². The molecule has 0 radical (unpaired) electrons. The summed E-state index contributed by atoms with van der Waals surface area (Å²) in [5, 5.41) is 4.77. The van der Waals surface area contributed by atoms with Crippen molar-refractivity contribution in [3.63, 3.8) is 0 Å². The summed E-state index contributed by atoms with van der Waals surface area (Å²) in [6.07, 6.45) is 0. The lowest BCUT2D eigenvalue weighted by Crippen LogP contribution is -2.49. The average Bonchev–Trinajstić information content (AvgIpc) is 3.24. The number of carbonyl (C=O) groups excluding carboxylic acids is 1. The minimum Gasteiger partial charge on any atom is -0.484 e. The quantitative estimate of drug-likeness (QED) is 0.581. The van der Waals surface area contributed by atoms with Crippen LogP contribution < -0.4 is 4.74 Å². The minimum absolute atomic E-state index is 0.0185. The number of aromatic nitrogens is 2. The molecule has 8 heteroatoms. The summed E-state index contributed by atoms with van der Waals surface area (Å²) < 4.78 is 11.1. The molecule has 2 aromatic carbocycles. The summed E-state index contributed by atoms with van der Waals surface area (Å²) >= 11 is 6.02. The van der Waals surface area contributed by atoms with Crippen LogP contribution in [0.15, 0.2) is 47.0 Å². The number of halogens is 1. The smallest absolute Gasteiger partial charge is 0.260 e. The summed E-state index contributed by atoms with van der Waals surface area (Å²) in [6.45, 7) is 7.31. The van der Waals surface area contributed by atoms with Gasteiger partial charge in [0.1, 0.15) is 5.75 Å². The van der Waals surface area contributed by atoms with Gasteiger partial charge in [-0.2, -0.15) is 4.98 Å². The van der Waals surface area contributed by atoms with Gasteiger partial charge in [-0.1, -0.05) is 46.6 Å². The molecule has 0 aliphatic carbocycles. The topological polar surface area (TPSA) is 71.7 Å². The molecule has 1 fully saturated rings. The Hall–Kier alpha value is -2.90. The maximum Gasteiger partial charge on any atom is 0.260 e. The Balaban J connectivity index is 1.24. The lowest BCUT2D eigenvalue weighted by atomic mass is 10.1. The Morgan fingerprint density at radius 1 is 1.10 bits per heavy atom. The van der Waals surface area contributed by atoms with Gasteiger partial charge in [0, 0.05) is 36.8 Å². The van der Waals surface area contributed by atoms with Gasteiger partial charge in [-0.25, -0.2) is 0 Å². The van der Waals surface area contributed by atoms with Gasteiger partial charge in [-0.15, -0.1) is 0 Å². The van der Waals surface area contributed by atoms with Crippen LogP contribution in [0, 0.1) is 13.8 Å². The van der Waals surface area contributed by atoms with E-state index in [0.717, 1.165) is 24.2 Å². The summed E-state index contributed by atoms with van der Waals surface area (Å²) in [6, 6.07) is 13.4. The van der Waals surface area contributed by atoms with E-state index in [4.69, 9.17) is 20.9 Å². The molecule has 3 aromatic rings. The molecule has 1 saturated heterocycles. The van der Waals surface area contributed by atoms with Crippen LogP contribution >= 0.6 is 11.6 Å². The molecular weight excluding hydrogens is 416 g/mol. The molecule has 1 aliphatic rings. The van der Waals surface area contributed by atoms with E-state index in [-0.39, 0.29) is 12.5 Å². The van der Waals surface area contributed by atoms with Crippen molar-refractivity contribution in [3.05, 3.63) is 64.5 Å². The molecule has 1 aromatic heterocycles. The van der Waals surface area contributed by atoms with E-state index in [1.165, 1.54) is 5.56 Å². The fraction of sp³-hybridized carbons (Fsp3) is 0.348. The highest BCUT2D eigenvalue weighted by molar-refractivity contribution is 6.31. The van der Waals surface area contributed by atoms with Crippen molar-refractivity contribution in [3.8, 4) is 17.1 Å². The zero-order valence-electron chi connectivity index (χ0n) is 17.7. The van der Waals surface area contributed by atoms with Crippen molar-refractivity contribution < 1.29 is 14.1 Å². The molecule has 0 atom stereocenters. The number of hydrogen-bond acceptors (Lipinski definition) is 6. The number of carbonyl (C=O) groups is 1. The number of amides is 1. The number of rotatable bonds is 6.